The normalized spacial score (nSPS) is 18.7. The van der Waals surface area contributed by atoms with E-state index < -0.39 is 5.79 Å². The summed E-state index contributed by atoms with van der Waals surface area (Å²) in [5, 5.41) is 9.88. The molecule has 1 aliphatic rings. The van der Waals surface area contributed by atoms with Crippen LogP contribution in [0.4, 0.5) is 11.7 Å². The average molecular weight is 347 g/mol. The molecule has 3 aromatic rings. The summed E-state index contributed by atoms with van der Waals surface area (Å²) < 4.78 is 6.06. The van der Waals surface area contributed by atoms with Crippen LogP contribution in [0.3, 0.4) is 0 Å². The first-order chi connectivity index (χ1) is 12.6. The molecule has 3 N–H and O–H groups in total. The SMILES string of the molecule is CNC1(C)N=C(Nc2ccccn2)c2c(oc(C)c2-c2ccccc2)N1. The van der Waals surface area contributed by atoms with E-state index in [4.69, 9.17) is 9.41 Å². The maximum Gasteiger partial charge on any atom is 0.207 e. The average Bonchev–Trinajstić information content (AvgIpc) is 2.99. The van der Waals surface area contributed by atoms with Gasteiger partial charge in [-0.2, -0.15) is 0 Å². The van der Waals surface area contributed by atoms with Crippen molar-refractivity contribution in [2.75, 3.05) is 17.7 Å². The van der Waals surface area contributed by atoms with E-state index >= 15 is 0 Å². The van der Waals surface area contributed by atoms with Gasteiger partial charge in [-0.15, -0.1) is 0 Å². The molecule has 0 spiro atoms. The Morgan fingerprint density at radius 3 is 2.50 bits per heavy atom. The highest BCUT2D eigenvalue weighted by Gasteiger charge is 2.35. The molecule has 1 atom stereocenters. The highest BCUT2D eigenvalue weighted by atomic mass is 16.4. The van der Waals surface area contributed by atoms with Gasteiger partial charge >= 0.3 is 0 Å². The summed E-state index contributed by atoms with van der Waals surface area (Å²) >= 11 is 0. The number of nitrogens with one attached hydrogen (secondary N) is 3. The molecule has 0 fully saturated rings. The van der Waals surface area contributed by atoms with Crippen molar-refractivity contribution in [1.29, 1.82) is 0 Å². The second-order valence-corrected chi connectivity index (χ2v) is 6.35. The molecule has 4 rings (SSSR count). The molecule has 0 aliphatic carbocycles. The number of rotatable bonds is 3. The van der Waals surface area contributed by atoms with E-state index in [-0.39, 0.29) is 0 Å². The van der Waals surface area contributed by atoms with Crippen LogP contribution in [0.15, 0.2) is 64.1 Å². The largest absolute Gasteiger partial charge is 0.444 e. The number of benzene rings is 1. The fourth-order valence-electron chi connectivity index (χ4n) is 3.11. The molecule has 6 heteroatoms. The van der Waals surface area contributed by atoms with Crippen molar-refractivity contribution in [3.63, 3.8) is 0 Å². The Morgan fingerprint density at radius 2 is 1.81 bits per heavy atom. The molecule has 0 amide bonds. The quantitative estimate of drug-likeness (QED) is 0.671. The fourth-order valence-corrected chi connectivity index (χ4v) is 3.11. The van der Waals surface area contributed by atoms with Gasteiger partial charge in [0.05, 0.1) is 5.56 Å². The lowest BCUT2D eigenvalue weighted by molar-refractivity contribution is 0.431. The minimum Gasteiger partial charge on any atom is -0.444 e. The first-order valence-corrected chi connectivity index (χ1v) is 8.54. The van der Waals surface area contributed by atoms with E-state index in [2.05, 4.69) is 33.1 Å². The fraction of sp³-hybridized carbons (Fsp3) is 0.200. The first-order valence-electron chi connectivity index (χ1n) is 8.54. The van der Waals surface area contributed by atoms with Crippen LogP contribution in [0.25, 0.3) is 11.1 Å². The Balaban J connectivity index is 1.87. The van der Waals surface area contributed by atoms with Gasteiger partial charge in [-0.25, -0.2) is 9.98 Å². The number of pyridine rings is 1. The van der Waals surface area contributed by atoms with E-state index in [1.54, 1.807) is 6.20 Å². The molecule has 26 heavy (non-hydrogen) atoms. The Bertz CT molecular complexity index is 949. The lowest BCUT2D eigenvalue weighted by atomic mass is 9.99. The van der Waals surface area contributed by atoms with Crippen LogP contribution in [0.1, 0.15) is 18.2 Å². The van der Waals surface area contributed by atoms with Crippen LogP contribution < -0.4 is 16.0 Å². The zero-order valence-electron chi connectivity index (χ0n) is 15.0. The van der Waals surface area contributed by atoms with Crippen molar-refractivity contribution < 1.29 is 4.42 Å². The van der Waals surface area contributed by atoms with Crippen LogP contribution in [0, 0.1) is 6.92 Å². The number of anilines is 2. The highest BCUT2D eigenvalue weighted by Crippen LogP contribution is 2.39. The molecule has 132 valence electrons. The second-order valence-electron chi connectivity index (χ2n) is 6.35. The number of fused-ring (bicyclic) bond motifs is 1. The van der Waals surface area contributed by atoms with Gasteiger partial charge in [-0.3, -0.25) is 5.32 Å². The number of amidine groups is 1. The zero-order chi connectivity index (χ0) is 18.1. The van der Waals surface area contributed by atoms with Crippen LogP contribution >= 0.6 is 0 Å². The Hall–Kier alpha value is -3.12. The van der Waals surface area contributed by atoms with Gasteiger partial charge in [0.1, 0.15) is 17.4 Å². The molecule has 0 bridgehead atoms. The van der Waals surface area contributed by atoms with E-state index in [9.17, 15) is 0 Å². The van der Waals surface area contributed by atoms with Crippen LogP contribution in [-0.4, -0.2) is 23.7 Å². The monoisotopic (exact) mass is 347 g/mol. The predicted molar refractivity (Wildman–Crippen MR) is 104 cm³/mol. The molecule has 6 nitrogen and oxygen atoms in total. The zero-order valence-corrected chi connectivity index (χ0v) is 15.0. The molecule has 0 saturated heterocycles. The summed E-state index contributed by atoms with van der Waals surface area (Å²) in [4.78, 5) is 9.22. The van der Waals surface area contributed by atoms with Crippen molar-refractivity contribution in [2.45, 2.75) is 19.6 Å². The molecular weight excluding hydrogens is 326 g/mol. The van der Waals surface area contributed by atoms with Gasteiger partial charge in [0, 0.05) is 11.8 Å². The molecular formula is C20H21N5O. The van der Waals surface area contributed by atoms with Gasteiger partial charge in [0.25, 0.3) is 0 Å². The summed E-state index contributed by atoms with van der Waals surface area (Å²) in [6, 6.07) is 15.9. The summed E-state index contributed by atoms with van der Waals surface area (Å²) in [5.74, 6) is 2.29. The maximum absolute atomic E-state index is 6.06. The minimum atomic E-state index is -0.678. The van der Waals surface area contributed by atoms with Crippen molar-refractivity contribution in [2.24, 2.45) is 4.99 Å². The summed E-state index contributed by atoms with van der Waals surface area (Å²) in [6.45, 7) is 3.92. The molecule has 2 aromatic heterocycles. The Labute approximate surface area is 152 Å². The van der Waals surface area contributed by atoms with E-state index in [1.165, 1.54) is 0 Å². The number of hydrogen-bond donors (Lipinski definition) is 3. The molecule has 1 unspecified atom stereocenters. The summed E-state index contributed by atoms with van der Waals surface area (Å²) in [7, 11) is 1.85. The second kappa shape index (κ2) is 6.31. The van der Waals surface area contributed by atoms with Crippen molar-refractivity contribution in [1.82, 2.24) is 10.3 Å². The van der Waals surface area contributed by atoms with Gasteiger partial charge in [0.2, 0.25) is 5.88 Å². The third kappa shape index (κ3) is 2.84. The van der Waals surface area contributed by atoms with Crippen LogP contribution in [-0.2, 0) is 0 Å². The highest BCUT2D eigenvalue weighted by molar-refractivity contribution is 6.16. The molecule has 0 radical (unpaired) electrons. The summed E-state index contributed by atoms with van der Waals surface area (Å²) in [6.07, 6.45) is 1.75. The third-order valence-corrected chi connectivity index (χ3v) is 4.47. The smallest absolute Gasteiger partial charge is 0.207 e. The first kappa shape index (κ1) is 16.4. The van der Waals surface area contributed by atoms with Crippen LogP contribution in [0.2, 0.25) is 0 Å². The number of aromatic nitrogens is 1. The molecule has 1 aliphatic heterocycles. The van der Waals surface area contributed by atoms with Crippen molar-refractivity contribution >= 4 is 17.5 Å². The van der Waals surface area contributed by atoms with Crippen LogP contribution in [0.5, 0.6) is 0 Å². The van der Waals surface area contributed by atoms with Crippen molar-refractivity contribution in [3.8, 4) is 11.1 Å². The van der Waals surface area contributed by atoms with Crippen molar-refractivity contribution in [3.05, 3.63) is 66.1 Å². The lowest BCUT2D eigenvalue weighted by Crippen LogP contribution is -2.49. The predicted octanol–water partition coefficient (Wildman–Crippen LogP) is 3.83. The Morgan fingerprint density at radius 1 is 1.04 bits per heavy atom. The number of nitrogens with zero attached hydrogens (tertiary/aromatic N) is 2. The van der Waals surface area contributed by atoms with E-state index in [1.807, 2.05) is 57.3 Å². The number of furan rings is 1. The number of aryl methyl sites for hydroxylation is 1. The number of hydrogen-bond acceptors (Lipinski definition) is 6. The van der Waals surface area contributed by atoms with E-state index in [0.717, 1.165) is 28.3 Å². The van der Waals surface area contributed by atoms with Gasteiger partial charge in [0.15, 0.2) is 5.79 Å². The van der Waals surface area contributed by atoms with Gasteiger partial charge < -0.3 is 15.1 Å². The lowest BCUT2D eigenvalue weighted by Gasteiger charge is -2.31. The van der Waals surface area contributed by atoms with Gasteiger partial charge in [-0.1, -0.05) is 36.4 Å². The third-order valence-electron chi connectivity index (χ3n) is 4.47. The molecule has 0 saturated carbocycles. The molecule has 1 aromatic carbocycles. The van der Waals surface area contributed by atoms with Gasteiger partial charge in [-0.05, 0) is 38.6 Å². The van der Waals surface area contributed by atoms with E-state index in [0.29, 0.717) is 11.7 Å². The maximum atomic E-state index is 6.06. The topological polar surface area (TPSA) is 74.5 Å². The Kier molecular flexibility index (Phi) is 3.97. The summed E-state index contributed by atoms with van der Waals surface area (Å²) in [5.41, 5.74) is 3.01. The standard InChI is InChI=1S/C20H21N5O/c1-13-16(14-9-5-4-6-10-14)17-18(23-15-11-7-8-12-22-15)24-20(2,21-3)25-19(17)26-13/h4-12,21,25H,1-3H3,(H,22,23,24). The number of aliphatic imine (C=N–C) groups is 1. The minimum absolute atomic E-state index is 0.678. The molecule has 3 heterocycles.